The third-order valence-electron chi connectivity index (χ3n) is 4.18. The number of carbonyl (C=O) groups excluding carboxylic acids is 3. The molecule has 33 heavy (non-hydrogen) atoms. The summed E-state index contributed by atoms with van der Waals surface area (Å²) in [6.45, 7) is 12.2. The molecule has 0 spiro atoms. The van der Waals surface area contributed by atoms with E-state index in [2.05, 4.69) is 4.74 Å². The van der Waals surface area contributed by atoms with Crippen molar-refractivity contribution < 1.29 is 48.0 Å². The number of carbonyl (C=O) groups is 4. The molecule has 12 heteroatoms. The van der Waals surface area contributed by atoms with Gasteiger partial charge in [-0.15, -0.1) is 0 Å². The molecule has 190 valence electrons. The fourth-order valence-corrected chi connectivity index (χ4v) is 2.71. The van der Waals surface area contributed by atoms with E-state index in [1.807, 2.05) is 0 Å². The minimum absolute atomic E-state index is 0.0320. The summed E-state index contributed by atoms with van der Waals surface area (Å²) in [7, 11) is 1.29. The van der Waals surface area contributed by atoms with Crippen molar-refractivity contribution in [2.24, 2.45) is 0 Å². The maximum absolute atomic E-state index is 11.8. The van der Waals surface area contributed by atoms with E-state index in [1.165, 1.54) is 16.9 Å². The maximum Gasteiger partial charge on any atom is 0.410 e. The molecule has 0 bridgehead atoms. The van der Waals surface area contributed by atoms with Gasteiger partial charge < -0.3 is 38.6 Å². The predicted octanol–water partition coefficient (Wildman–Crippen LogP) is 1.50. The van der Waals surface area contributed by atoms with Crippen molar-refractivity contribution in [1.29, 1.82) is 0 Å². The lowest BCUT2D eigenvalue weighted by Crippen LogP contribution is -2.50. The molecule has 2 atom stereocenters. The highest BCUT2D eigenvalue weighted by molar-refractivity contribution is 5.76. The smallest absolute Gasteiger partial charge is 0.410 e. The number of morpholine rings is 2. The Morgan fingerprint density at radius 3 is 1.55 bits per heavy atom. The van der Waals surface area contributed by atoms with Gasteiger partial charge in [0.15, 0.2) is 12.2 Å². The summed E-state index contributed by atoms with van der Waals surface area (Å²) >= 11 is 0. The number of aliphatic carboxylic acids is 1. The number of hydrogen-bond donors (Lipinski definition) is 1. The van der Waals surface area contributed by atoms with Gasteiger partial charge in [-0.05, 0) is 41.5 Å². The molecule has 0 aromatic carbocycles. The van der Waals surface area contributed by atoms with Gasteiger partial charge in [0.05, 0.1) is 33.4 Å². The second kappa shape index (κ2) is 12.0. The van der Waals surface area contributed by atoms with Crippen molar-refractivity contribution >= 4 is 24.1 Å². The average Bonchev–Trinajstić information content (AvgIpc) is 2.71. The van der Waals surface area contributed by atoms with Gasteiger partial charge in [0.1, 0.15) is 11.2 Å². The number of hydrogen-bond acceptors (Lipinski definition) is 9. The Bertz CT molecular complexity index is 698. The molecule has 2 fully saturated rings. The van der Waals surface area contributed by atoms with Crippen LogP contribution in [0.3, 0.4) is 0 Å². The van der Waals surface area contributed by atoms with Crippen LogP contribution in [0.5, 0.6) is 0 Å². The SMILES string of the molecule is CC(C)(C)OC(=O)N1CCOC(C(=O)O)C1.COC(=O)C1CN(C(=O)OC(C)(C)C)CCO1. The molecule has 12 nitrogen and oxygen atoms in total. The molecule has 2 aliphatic rings. The largest absolute Gasteiger partial charge is 0.479 e. The van der Waals surface area contributed by atoms with Crippen molar-refractivity contribution in [2.75, 3.05) is 46.5 Å². The summed E-state index contributed by atoms with van der Waals surface area (Å²) in [5.74, 6) is -1.54. The van der Waals surface area contributed by atoms with Crippen LogP contribution in [0.25, 0.3) is 0 Å². The number of carboxylic acid groups (broad SMARTS) is 1. The Morgan fingerprint density at radius 1 is 0.788 bits per heavy atom. The van der Waals surface area contributed by atoms with Gasteiger partial charge in [-0.2, -0.15) is 0 Å². The van der Waals surface area contributed by atoms with Crippen LogP contribution in [0.1, 0.15) is 41.5 Å². The molecule has 2 aliphatic heterocycles. The number of ether oxygens (including phenoxy) is 5. The first-order valence-electron chi connectivity index (χ1n) is 10.6. The van der Waals surface area contributed by atoms with E-state index in [0.29, 0.717) is 19.7 Å². The van der Waals surface area contributed by atoms with Crippen LogP contribution >= 0.6 is 0 Å². The summed E-state index contributed by atoms with van der Waals surface area (Å²) in [5.41, 5.74) is -1.12. The first-order chi connectivity index (χ1) is 15.1. The maximum atomic E-state index is 11.8. The minimum atomic E-state index is -1.06. The monoisotopic (exact) mass is 476 g/mol. The third kappa shape index (κ3) is 10.7. The molecule has 2 amide bonds. The summed E-state index contributed by atoms with van der Waals surface area (Å²) in [5, 5.41) is 8.77. The van der Waals surface area contributed by atoms with Gasteiger partial charge in [-0.1, -0.05) is 0 Å². The van der Waals surface area contributed by atoms with Crippen LogP contribution in [-0.2, 0) is 33.3 Å². The third-order valence-corrected chi connectivity index (χ3v) is 4.18. The quantitative estimate of drug-likeness (QED) is 0.460. The highest BCUT2D eigenvalue weighted by atomic mass is 16.6. The highest BCUT2D eigenvalue weighted by Gasteiger charge is 2.33. The molecule has 1 N–H and O–H groups in total. The molecular weight excluding hydrogens is 440 g/mol. The zero-order chi connectivity index (χ0) is 25.4. The summed E-state index contributed by atoms with van der Waals surface area (Å²) < 4.78 is 25.2. The summed E-state index contributed by atoms with van der Waals surface area (Å²) in [4.78, 5) is 48.2. The zero-order valence-corrected chi connectivity index (χ0v) is 20.4. The average molecular weight is 477 g/mol. The van der Waals surface area contributed by atoms with E-state index < -0.39 is 47.5 Å². The molecule has 0 radical (unpaired) electrons. The Balaban J connectivity index is 0.000000331. The fourth-order valence-electron chi connectivity index (χ4n) is 2.71. The minimum Gasteiger partial charge on any atom is -0.479 e. The first-order valence-corrected chi connectivity index (χ1v) is 10.6. The van der Waals surface area contributed by atoms with Crippen LogP contribution in [0, 0.1) is 0 Å². The van der Waals surface area contributed by atoms with Gasteiger partial charge in [0.2, 0.25) is 0 Å². The molecule has 2 heterocycles. The highest BCUT2D eigenvalue weighted by Crippen LogP contribution is 2.14. The van der Waals surface area contributed by atoms with Gasteiger partial charge in [-0.25, -0.2) is 19.2 Å². The van der Waals surface area contributed by atoms with Gasteiger partial charge in [0, 0.05) is 13.1 Å². The molecular formula is C21H36N2O10. The van der Waals surface area contributed by atoms with Crippen molar-refractivity contribution in [3.63, 3.8) is 0 Å². The number of rotatable bonds is 2. The standard InChI is InChI=1S/C11H19NO5.C10H17NO5/c1-11(2,3)17-10(14)12-5-6-16-8(7-12)9(13)15-4;1-10(2,3)16-9(14)11-4-5-15-7(6-11)8(12)13/h8H,5-7H2,1-4H3;7H,4-6H2,1-3H3,(H,12,13). The molecule has 2 rings (SSSR count). The lowest BCUT2D eigenvalue weighted by Gasteiger charge is -2.32. The fraction of sp³-hybridized carbons (Fsp3) is 0.810. The number of nitrogens with zero attached hydrogens (tertiary/aromatic N) is 2. The number of esters is 1. The van der Waals surface area contributed by atoms with Crippen LogP contribution in [0.15, 0.2) is 0 Å². The Kier molecular flexibility index (Phi) is 10.4. The second-order valence-electron chi connectivity index (χ2n) is 9.43. The Hall–Kier alpha value is -2.60. The van der Waals surface area contributed by atoms with Crippen LogP contribution < -0.4 is 0 Å². The topological polar surface area (TPSA) is 141 Å². The second-order valence-corrected chi connectivity index (χ2v) is 9.43. The van der Waals surface area contributed by atoms with E-state index in [-0.39, 0.29) is 19.7 Å². The van der Waals surface area contributed by atoms with E-state index >= 15 is 0 Å². The van der Waals surface area contributed by atoms with Crippen molar-refractivity contribution in [1.82, 2.24) is 9.80 Å². The normalized spacial score (nSPS) is 21.3. The van der Waals surface area contributed by atoms with Crippen molar-refractivity contribution in [3.8, 4) is 0 Å². The van der Waals surface area contributed by atoms with Crippen molar-refractivity contribution in [3.05, 3.63) is 0 Å². The summed E-state index contributed by atoms with van der Waals surface area (Å²) in [6, 6.07) is 0. The van der Waals surface area contributed by atoms with Gasteiger partial charge in [0.25, 0.3) is 0 Å². The van der Waals surface area contributed by atoms with Crippen LogP contribution in [0.2, 0.25) is 0 Å². The van der Waals surface area contributed by atoms with Crippen LogP contribution in [0.4, 0.5) is 9.59 Å². The molecule has 0 aromatic rings. The lowest BCUT2D eigenvalue weighted by atomic mass is 10.2. The number of amides is 2. The Labute approximate surface area is 194 Å². The molecule has 2 unspecified atom stereocenters. The lowest BCUT2D eigenvalue weighted by molar-refractivity contribution is -0.159. The summed E-state index contributed by atoms with van der Waals surface area (Å²) in [6.07, 6.45) is -2.61. The van der Waals surface area contributed by atoms with E-state index in [9.17, 15) is 19.2 Å². The van der Waals surface area contributed by atoms with Gasteiger partial charge >= 0.3 is 24.1 Å². The molecule has 0 saturated carbocycles. The zero-order valence-electron chi connectivity index (χ0n) is 20.4. The number of carboxylic acids is 1. The molecule has 0 aliphatic carbocycles. The predicted molar refractivity (Wildman–Crippen MR) is 115 cm³/mol. The molecule has 0 aromatic heterocycles. The molecule has 2 saturated heterocycles. The van der Waals surface area contributed by atoms with E-state index in [1.54, 1.807) is 41.5 Å². The van der Waals surface area contributed by atoms with Gasteiger partial charge in [-0.3, -0.25) is 0 Å². The Morgan fingerprint density at radius 2 is 1.18 bits per heavy atom. The van der Waals surface area contributed by atoms with Crippen LogP contribution in [-0.4, -0.2) is 109 Å². The van der Waals surface area contributed by atoms with E-state index in [4.69, 9.17) is 24.1 Å². The van der Waals surface area contributed by atoms with Crippen molar-refractivity contribution in [2.45, 2.75) is 65.0 Å². The number of methoxy groups -OCH3 is 1. The van der Waals surface area contributed by atoms with E-state index in [0.717, 1.165) is 0 Å². The first kappa shape index (κ1) is 28.4.